The summed E-state index contributed by atoms with van der Waals surface area (Å²) in [6.07, 6.45) is 4.98. The quantitative estimate of drug-likeness (QED) is 0.326. The molecule has 0 aliphatic heterocycles. The SMILES string of the molecule is CCCC.CCc1oc(-c2ccc(C)cc2)nc1CCCCOC(=O)CC(=O)O. The molecule has 0 saturated carbocycles. The maximum atomic E-state index is 11.1. The number of benzene rings is 1. The van der Waals surface area contributed by atoms with Gasteiger partial charge in [-0.05, 0) is 38.3 Å². The number of rotatable bonds is 10. The van der Waals surface area contributed by atoms with Crippen molar-refractivity contribution >= 4 is 11.9 Å². The Morgan fingerprint density at radius 1 is 1.07 bits per heavy atom. The number of aliphatic carboxylic acids is 1. The molecule has 0 unspecified atom stereocenters. The molecule has 0 aliphatic rings. The van der Waals surface area contributed by atoms with Gasteiger partial charge in [0.1, 0.15) is 12.2 Å². The largest absolute Gasteiger partial charge is 0.481 e. The second kappa shape index (κ2) is 13.5. The lowest BCUT2D eigenvalue weighted by Gasteiger charge is -2.02. The van der Waals surface area contributed by atoms with Crippen LogP contribution in [-0.4, -0.2) is 28.6 Å². The third-order valence-corrected chi connectivity index (χ3v) is 4.26. The van der Waals surface area contributed by atoms with Crippen LogP contribution in [0, 0.1) is 6.92 Å². The Labute approximate surface area is 173 Å². The van der Waals surface area contributed by atoms with Crippen LogP contribution in [0.5, 0.6) is 0 Å². The van der Waals surface area contributed by atoms with Gasteiger partial charge >= 0.3 is 11.9 Å². The minimum absolute atomic E-state index is 0.218. The molecule has 1 heterocycles. The number of carbonyl (C=O) groups is 2. The molecule has 29 heavy (non-hydrogen) atoms. The molecule has 1 N–H and O–H groups in total. The van der Waals surface area contributed by atoms with Crippen LogP contribution in [0.2, 0.25) is 0 Å². The van der Waals surface area contributed by atoms with Gasteiger partial charge in [-0.15, -0.1) is 0 Å². The van der Waals surface area contributed by atoms with Crippen molar-refractivity contribution in [2.75, 3.05) is 6.61 Å². The van der Waals surface area contributed by atoms with Crippen LogP contribution in [0.1, 0.15) is 69.9 Å². The Kier molecular flexibility index (Phi) is 11.4. The zero-order valence-corrected chi connectivity index (χ0v) is 18.0. The fraction of sp³-hybridized carbons (Fsp3) is 0.522. The zero-order chi connectivity index (χ0) is 21.6. The van der Waals surface area contributed by atoms with Gasteiger partial charge in [0.15, 0.2) is 0 Å². The second-order valence-corrected chi connectivity index (χ2v) is 6.86. The van der Waals surface area contributed by atoms with Crippen molar-refractivity contribution in [3.05, 3.63) is 41.3 Å². The number of hydrogen-bond acceptors (Lipinski definition) is 5. The maximum Gasteiger partial charge on any atom is 0.317 e. The van der Waals surface area contributed by atoms with E-state index in [4.69, 9.17) is 14.3 Å². The van der Waals surface area contributed by atoms with E-state index < -0.39 is 18.4 Å². The number of aromatic nitrogens is 1. The lowest BCUT2D eigenvalue weighted by molar-refractivity contribution is -0.151. The van der Waals surface area contributed by atoms with Gasteiger partial charge < -0.3 is 14.3 Å². The van der Waals surface area contributed by atoms with Gasteiger partial charge in [-0.25, -0.2) is 4.98 Å². The van der Waals surface area contributed by atoms with E-state index in [9.17, 15) is 9.59 Å². The minimum Gasteiger partial charge on any atom is -0.481 e. The van der Waals surface area contributed by atoms with Gasteiger partial charge in [-0.1, -0.05) is 51.3 Å². The van der Waals surface area contributed by atoms with Crippen molar-refractivity contribution in [2.45, 2.75) is 72.6 Å². The summed E-state index contributed by atoms with van der Waals surface area (Å²) >= 11 is 0. The van der Waals surface area contributed by atoms with Crippen molar-refractivity contribution in [3.8, 4) is 11.5 Å². The fourth-order valence-electron chi connectivity index (χ4n) is 2.43. The summed E-state index contributed by atoms with van der Waals surface area (Å²) in [4.78, 5) is 26.1. The highest BCUT2D eigenvalue weighted by atomic mass is 16.5. The molecule has 2 aromatic rings. The summed E-state index contributed by atoms with van der Waals surface area (Å²) in [6, 6.07) is 8.03. The molecule has 0 amide bonds. The van der Waals surface area contributed by atoms with Crippen molar-refractivity contribution in [3.63, 3.8) is 0 Å². The van der Waals surface area contributed by atoms with Crippen LogP contribution in [0.3, 0.4) is 0 Å². The van der Waals surface area contributed by atoms with Gasteiger partial charge in [0.05, 0.1) is 12.3 Å². The van der Waals surface area contributed by atoms with E-state index in [0.717, 1.165) is 36.3 Å². The zero-order valence-electron chi connectivity index (χ0n) is 18.0. The molecule has 0 saturated heterocycles. The Hall–Kier alpha value is -2.63. The molecule has 160 valence electrons. The van der Waals surface area contributed by atoms with Crippen LogP contribution < -0.4 is 0 Å². The summed E-state index contributed by atoms with van der Waals surface area (Å²) in [5.74, 6) is -0.383. The Morgan fingerprint density at radius 3 is 2.28 bits per heavy atom. The molecule has 6 heteroatoms. The van der Waals surface area contributed by atoms with Gasteiger partial charge in [0, 0.05) is 12.0 Å². The van der Waals surface area contributed by atoms with Gasteiger partial charge in [-0.2, -0.15) is 0 Å². The highest BCUT2D eigenvalue weighted by molar-refractivity contribution is 5.90. The smallest absolute Gasteiger partial charge is 0.317 e. The van der Waals surface area contributed by atoms with Crippen LogP contribution in [0.15, 0.2) is 28.7 Å². The fourth-order valence-corrected chi connectivity index (χ4v) is 2.43. The number of hydrogen-bond donors (Lipinski definition) is 1. The number of carboxylic acid groups (broad SMARTS) is 1. The number of carbonyl (C=O) groups excluding carboxylic acids is 1. The lowest BCUT2D eigenvalue weighted by Crippen LogP contribution is -2.11. The summed E-state index contributed by atoms with van der Waals surface area (Å²) in [5.41, 5.74) is 3.06. The molecular weight excluding hydrogens is 370 g/mol. The number of aryl methyl sites for hydroxylation is 3. The van der Waals surface area contributed by atoms with E-state index >= 15 is 0 Å². The average Bonchev–Trinajstić information content (AvgIpc) is 3.11. The van der Waals surface area contributed by atoms with Crippen LogP contribution in [-0.2, 0) is 27.2 Å². The average molecular weight is 404 g/mol. The van der Waals surface area contributed by atoms with Crippen LogP contribution >= 0.6 is 0 Å². The third kappa shape index (κ3) is 9.41. The molecule has 0 atom stereocenters. The highest BCUT2D eigenvalue weighted by Crippen LogP contribution is 2.24. The molecule has 0 radical (unpaired) electrons. The monoisotopic (exact) mass is 403 g/mol. The number of ether oxygens (including phenoxy) is 1. The van der Waals surface area contributed by atoms with Gasteiger partial charge in [-0.3, -0.25) is 9.59 Å². The van der Waals surface area contributed by atoms with Gasteiger partial charge in [0.2, 0.25) is 5.89 Å². The van der Waals surface area contributed by atoms with E-state index in [2.05, 4.69) is 18.8 Å². The molecular formula is C23H33NO5. The summed E-state index contributed by atoms with van der Waals surface area (Å²) < 4.78 is 10.7. The molecule has 1 aromatic carbocycles. The first-order valence-corrected chi connectivity index (χ1v) is 10.3. The van der Waals surface area contributed by atoms with Crippen molar-refractivity contribution in [1.82, 2.24) is 4.98 Å². The normalized spacial score (nSPS) is 10.2. The predicted molar refractivity (Wildman–Crippen MR) is 113 cm³/mol. The predicted octanol–water partition coefficient (Wildman–Crippen LogP) is 5.36. The molecule has 0 fully saturated rings. The van der Waals surface area contributed by atoms with Crippen LogP contribution in [0.4, 0.5) is 0 Å². The summed E-state index contributed by atoms with van der Waals surface area (Å²) in [7, 11) is 0. The lowest BCUT2D eigenvalue weighted by atomic mass is 10.1. The van der Waals surface area contributed by atoms with Crippen molar-refractivity contribution < 1.29 is 23.8 Å². The number of oxazole rings is 1. The number of unbranched alkanes of at least 4 members (excludes halogenated alkanes) is 2. The Balaban J connectivity index is 0.000000960. The Morgan fingerprint density at radius 2 is 1.72 bits per heavy atom. The molecule has 2 rings (SSSR count). The topological polar surface area (TPSA) is 89.6 Å². The third-order valence-electron chi connectivity index (χ3n) is 4.26. The number of nitrogens with zero attached hydrogens (tertiary/aromatic N) is 1. The van der Waals surface area contributed by atoms with Gasteiger partial charge in [0.25, 0.3) is 0 Å². The van der Waals surface area contributed by atoms with E-state index in [1.807, 2.05) is 38.1 Å². The van der Waals surface area contributed by atoms with Crippen molar-refractivity contribution in [2.24, 2.45) is 0 Å². The molecule has 0 bridgehead atoms. The first-order chi connectivity index (χ1) is 13.9. The standard InChI is InChI=1S/C19H23NO5.C4H10/c1-3-16-15(6-4-5-11-24-18(23)12-17(21)22)20-19(25-16)14-9-7-13(2)8-10-14;1-3-4-2/h7-10H,3-6,11-12H2,1-2H3,(H,21,22);3-4H2,1-2H3. The molecule has 6 nitrogen and oxygen atoms in total. The van der Waals surface area contributed by atoms with Crippen molar-refractivity contribution in [1.29, 1.82) is 0 Å². The highest BCUT2D eigenvalue weighted by Gasteiger charge is 2.13. The molecule has 0 spiro atoms. The number of esters is 1. The minimum atomic E-state index is -1.18. The first kappa shape index (κ1) is 24.4. The molecule has 1 aromatic heterocycles. The van der Waals surface area contributed by atoms with E-state index in [-0.39, 0.29) is 6.61 Å². The van der Waals surface area contributed by atoms with E-state index in [1.54, 1.807) is 0 Å². The molecule has 0 aliphatic carbocycles. The van der Waals surface area contributed by atoms with Crippen LogP contribution in [0.25, 0.3) is 11.5 Å². The Bertz CT molecular complexity index is 747. The first-order valence-electron chi connectivity index (χ1n) is 10.3. The maximum absolute atomic E-state index is 11.1. The summed E-state index contributed by atoms with van der Waals surface area (Å²) in [5, 5.41) is 8.48. The summed E-state index contributed by atoms with van der Waals surface area (Å²) in [6.45, 7) is 8.64. The van der Waals surface area contributed by atoms with E-state index in [1.165, 1.54) is 18.4 Å². The van der Waals surface area contributed by atoms with E-state index in [0.29, 0.717) is 12.3 Å². The second-order valence-electron chi connectivity index (χ2n) is 6.86. The number of carboxylic acids is 1.